The Balaban J connectivity index is 2.91. The minimum absolute atomic E-state index is 0.0212. The van der Waals surface area contributed by atoms with Crippen molar-refractivity contribution in [1.29, 1.82) is 0 Å². The van der Waals surface area contributed by atoms with Crippen molar-refractivity contribution in [2.24, 2.45) is 11.8 Å². The number of rotatable bonds is 14. The van der Waals surface area contributed by atoms with E-state index < -0.39 is 0 Å². The highest BCUT2D eigenvalue weighted by molar-refractivity contribution is 5.92. The van der Waals surface area contributed by atoms with Crippen LogP contribution in [0.15, 0.2) is 24.3 Å². The number of carbonyl (C=O) groups is 1. The van der Waals surface area contributed by atoms with Crippen LogP contribution in [0.4, 0.5) is 0 Å². The molecule has 28 heavy (non-hydrogen) atoms. The van der Waals surface area contributed by atoms with Gasteiger partial charge in [-0.2, -0.15) is 0 Å². The van der Waals surface area contributed by atoms with E-state index in [2.05, 4.69) is 41.5 Å². The molecule has 0 N–H and O–H groups in total. The lowest BCUT2D eigenvalue weighted by Crippen LogP contribution is -2.23. The summed E-state index contributed by atoms with van der Waals surface area (Å²) >= 11 is 0. The lowest BCUT2D eigenvalue weighted by Gasteiger charge is -2.24. The van der Waals surface area contributed by atoms with Crippen molar-refractivity contribution >= 4 is 5.97 Å². The maximum Gasteiger partial charge on any atom is 0.342 e. The van der Waals surface area contributed by atoms with Gasteiger partial charge in [0, 0.05) is 0 Å². The quantitative estimate of drug-likeness (QED) is 0.310. The Labute approximate surface area is 173 Å². The second-order valence-corrected chi connectivity index (χ2v) is 8.34. The van der Waals surface area contributed by atoms with Gasteiger partial charge in [0.05, 0.1) is 6.10 Å². The van der Waals surface area contributed by atoms with Gasteiger partial charge in [-0.3, -0.25) is 0 Å². The first-order chi connectivity index (χ1) is 13.4. The molecule has 4 atom stereocenters. The number of carbonyl (C=O) groups excluding carboxylic acids is 1. The third kappa shape index (κ3) is 8.67. The lowest BCUT2D eigenvalue weighted by atomic mass is 9.98. The standard InChI is InChI=1S/C25H42O3/c1-7-13-21(17-19(5)9-3)27-24-16-12-11-15-23(24)25(26)28-22(14-8-2)18-20(6)10-4/h11-12,15-16,19-22H,7-10,13-14,17-18H2,1-6H3. The minimum atomic E-state index is -0.254. The van der Waals surface area contributed by atoms with Crippen molar-refractivity contribution in [3.05, 3.63) is 29.8 Å². The Morgan fingerprint density at radius 2 is 1.39 bits per heavy atom. The molecule has 160 valence electrons. The van der Waals surface area contributed by atoms with Gasteiger partial charge in [0.1, 0.15) is 17.4 Å². The topological polar surface area (TPSA) is 35.5 Å². The average Bonchev–Trinajstić information content (AvgIpc) is 2.68. The Morgan fingerprint density at radius 1 is 0.857 bits per heavy atom. The summed E-state index contributed by atoms with van der Waals surface area (Å²) in [5.41, 5.74) is 0.554. The molecule has 0 heterocycles. The SMILES string of the molecule is CCCC(CC(C)CC)OC(=O)c1ccccc1OC(CCC)CC(C)CC. The van der Waals surface area contributed by atoms with Crippen LogP contribution >= 0.6 is 0 Å². The van der Waals surface area contributed by atoms with Crippen LogP contribution in [0.25, 0.3) is 0 Å². The van der Waals surface area contributed by atoms with E-state index in [1.807, 2.05) is 24.3 Å². The van der Waals surface area contributed by atoms with Gasteiger partial charge in [0.15, 0.2) is 0 Å². The van der Waals surface area contributed by atoms with Crippen LogP contribution in [0.2, 0.25) is 0 Å². The highest BCUT2D eigenvalue weighted by Gasteiger charge is 2.22. The van der Waals surface area contributed by atoms with Crippen molar-refractivity contribution < 1.29 is 14.3 Å². The fraction of sp³-hybridized carbons (Fsp3) is 0.720. The summed E-state index contributed by atoms with van der Waals surface area (Å²) < 4.78 is 12.2. The molecule has 4 unspecified atom stereocenters. The predicted molar refractivity (Wildman–Crippen MR) is 118 cm³/mol. The number of hydrogen-bond acceptors (Lipinski definition) is 3. The molecule has 0 aliphatic carbocycles. The minimum Gasteiger partial charge on any atom is -0.490 e. The molecule has 3 nitrogen and oxygen atoms in total. The van der Waals surface area contributed by atoms with E-state index in [0.29, 0.717) is 23.1 Å². The molecular weight excluding hydrogens is 348 g/mol. The summed E-state index contributed by atoms with van der Waals surface area (Å²) in [6, 6.07) is 7.55. The van der Waals surface area contributed by atoms with Crippen molar-refractivity contribution in [1.82, 2.24) is 0 Å². The van der Waals surface area contributed by atoms with Crippen LogP contribution in [0, 0.1) is 11.8 Å². The Bertz CT molecular complexity index is 554. The molecule has 1 aromatic rings. The number of esters is 1. The molecule has 0 aliphatic rings. The molecular formula is C25H42O3. The molecule has 0 saturated carbocycles. The Morgan fingerprint density at radius 3 is 1.96 bits per heavy atom. The zero-order valence-corrected chi connectivity index (χ0v) is 19.0. The fourth-order valence-electron chi connectivity index (χ4n) is 3.46. The molecule has 0 fully saturated rings. The summed E-state index contributed by atoms with van der Waals surface area (Å²) in [5.74, 6) is 1.57. The number of ether oxygens (including phenoxy) is 2. The highest BCUT2D eigenvalue weighted by atomic mass is 16.5. The largest absolute Gasteiger partial charge is 0.490 e. The van der Waals surface area contributed by atoms with Gasteiger partial charge in [-0.25, -0.2) is 4.79 Å². The van der Waals surface area contributed by atoms with E-state index in [9.17, 15) is 4.79 Å². The first kappa shape index (κ1) is 24.5. The molecule has 0 bridgehead atoms. The molecule has 1 rings (SSSR count). The summed E-state index contributed by atoms with van der Waals surface area (Å²) in [6.45, 7) is 13.2. The van der Waals surface area contributed by atoms with E-state index in [1.54, 1.807) is 0 Å². The summed E-state index contributed by atoms with van der Waals surface area (Å²) in [4.78, 5) is 12.9. The van der Waals surface area contributed by atoms with Crippen LogP contribution in [-0.4, -0.2) is 18.2 Å². The van der Waals surface area contributed by atoms with E-state index in [1.165, 1.54) is 0 Å². The molecule has 0 saturated heterocycles. The van der Waals surface area contributed by atoms with Gasteiger partial charge in [-0.05, 0) is 49.7 Å². The molecule has 0 aromatic heterocycles. The molecule has 1 aromatic carbocycles. The van der Waals surface area contributed by atoms with Crippen molar-refractivity contribution in [2.45, 2.75) is 105 Å². The Kier molecular flexibility index (Phi) is 11.9. The maximum atomic E-state index is 12.9. The van der Waals surface area contributed by atoms with Crippen molar-refractivity contribution in [2.75, 3.05) is 0 Å². The smallest absolute Gasteiger partial charge is 0.342 e. The Hall–Kier alpha value is -1.51. The van der Waals surface area contributed by atoms with Gasteiger partial charge < -0.3 is 9.47 Å². The molecule has 0 aliphatic heterocycles. The summed E-state index contributed by atoms with van der Waals surface area (Å²) in [7, 11) is 0. The van der Waals surface area contributed by atoms with Gasteiger partial charge in [0.2, 0.25) is 0 Å². The van der Waals surface area contributed by atoms with E-state index in [4.69, 9.17) is 9.47 Å². The monoisotopic (exact) mass is 390 g/mol. The zero-order chi connectivity index (χ0) is 20.9. The van der Waals surface area contributed by atoms with Gasteiger partial charge in [-0.15, -0.1) is 0 Å². The number of hydrogen-bond donors (Lipinski definition) is 0. The van der Waals surface area contributed by atoms with Gasteiger partial charge in [-0.1, -0.05) is 79.4 Å². The van der Waals surface area contributed by atoms with Crippen LogP contribution in [0.1, 0.15) is 103 Å². The number of para-hydroxylation sites is 1. The average molecular weight is 391 g/mol. The molecule has 0 amide bonds. The lowest BCUT2D eigenvalue weighted by molar-refractivity contribution is 0.0215. The summed E-state index contributed by atoms with van der Waals surface area (Å²) in [6.07, 6.45) is 8.29. The van der Waals surface area contributed by atoms with E-state index in [-0.39, 0.29) is 18.2 Å². The molecule has 0 spiro atoms. The first-order valence-electron chi connectivity index (χ1n) is 11.4. The van der Waals surface area contributed by atoms with Gasteiger partial charge >= 0.3 is 5.97 Å². The van der Waals surface area contributed by atoms with Crippen LogP contribution in [-0.2, 0) is 4.74 Å². The summed E-state index contributed by atoms with van der Waals surface area (Å²) in [5, 5.41) is 0. The highest BCUT2D eigenvalue weighted by Crippen LogP contribution is 2.26. The predicted octanol–water partition coefficient (Wildman–Crippen LogP) is 7.43. The third-order valence-corrected chi connectivity index (χ3v) is 5.62. The first-order valence-corrected chi connectivity index (χ1v) is 11.4. The zero-order valence-electron chi connectivity index (χ0n) is 19.0. The number of benzene rings is 1. The van der Waals surface area contributed by atoms with Crippen molar-refractivity contribution in [3.8, 4) is 5.75 Å². The van der Waals surface area contributed by atoms with Crippen LogP contribution in [0.5, 0.6) is 5.75 Å². The fourth-order valence-corrected chi connectivity index (χ4v) is 3.46. The second kappa shape index (κ2) is 13.6. The van der Waals surface area contributed by atoms with Crippen LogP contribution in [0.3, 0.4) is 0 Å². The molecule has 0 radical (unpaired) electrons. The third-order valence-electron chi connectivity index (χ3n) is 5.62. The normalized spacial score (nSPS) is 15.5. The van der Waals surface area contributed by atoms with Crippen LogP contribution < -0.4 is 4.74 Å². The van der Waals surface area contributed by atoms with E-state index >= 15 is 0 Å². The van der Waals surface area contributed by atoms with E-state index in [0.717, 1.165) is 51.4 Å². The molecule has 3 heteroatoms. The van der Waals surface area contributed by atoms with Crippen molar-refractivity contribution in [3.63, 3.8) is 0 Å². The van der Waals surface area contributed by atoms with Gasteiger partial charge in [0.25, 0.3) is 0 Å². The second-order valence-electron chi connectivity index (χ2n) is 8.34. The maximum absolute atomic E-state index is 12.9.